The maximum absolute atomic E-state index is 12.0. The Morgan fingerprint density at radius 2 is 1.68 bits per heavy atom. The number of hydrogen-bond donors (Lipinski definition) is 2. The van der Waals surface area contributed by atoms with Crippen molar-refractivity contribution in [3.63, 3.8) is 0 Å². The summed E-state index contributed by atoms with van der Waals surface area (Å²) in [4.78, 5) is 12.0. The van der Waals surface area contributed by atoms with Crippen molar-refractivity contribution in [3.8, 4) is 0 Å². The van der Waals surface area contributed by atoms with Gasteiger partial charge < -0.3 is 20.1 Å². The number of amides is 1. The second-order valence-electron chi connectivity index (χ2n) is 5.73. The molecule has 0 unspecified atom stereocenters. The van der Waals surface area contributed by atoms with Gasteiger partial charge in [0, 0.05) is 25.0 Å². The van der Waals surface area contributed by atoms with E-state index < -0.39 is 6.10 Å². The lowest BCUT2D eigenvalue weighted by atomic mass is 10.1. The van der Waals surface area contributed by atoms with Crippen molar-refractivity contribution < 1.29 is 14.3 Å². The monoisotopic (exact) mass is 342 g/mol. The Bertz CT molecular complexity index is 629. The first kappa shape index (κ1) is 19.0. The van der Waals surface area contributed by atoms with Crippen LogP contribution in [0.4, 0.5) is 11.4 Å². The average molecular weight is 342 g/mol. The Kier molecular flexibility index (Phi) is 7.95. The lowest BCUT2D eigenvalue weighted by molar-refractivity contribution is -0.127. The summed E-state index contributed by atoms with van der Waals surface area (Å²) in [5.74, 6) is -0.166. The van der Waals surface area contributed by atoms with Crippen LogP contribution in [0.25, 0.3) is 0 Å². The minimum Gasteiger partial charge on any atom is -0.385 e. The van der Waals surface area contributed by atoms with Crippen LogP contribution in [0.5, 0.6) is 0 Å². The Labute approximate surface area is 149 Å². The van der Waals surface area contributed by atoms with Gasteiger partial charge in [0.2, 0.25) is 0 Å². The second kappa shape index (κ2) is 10.5. The van der Waals surface area contributed by atoms with Crippen LogP contribution in [0.15, 0.2) is 54.6 Å². The molecule has 134 valence electrons. The summed E-state index contributed by atoms with van der Waals surface area (Å²) in [6.07, 6.45) is 0.453. The quantitative estimate of drug-likeness (QED) is 0.650. The number of methoxy groups -OCH3 is 1. The molecular formula is C20H26N2O3. The summed E-state index contributed by atoms with van der Waals surface area (Å²) in [5, 5.41) is 6.22. The molecule has 5 nitrogen and oxygen atoms in total. The highest BCUT2D eigenvalue weighted by Gasteiger charge is 2.13. The summed E-state index contributed by atoms with van der Waals surface area (Å²) in [5.41, 5.74) is 3.08. The Balaban J connectivity index is 1.74. The molecule has 1 amide bonds. The minimum atomic E-state index is -0.515. The number of carbonyl (C=O) groups excluding carboxylic acids is 1. The van der Waals surface area contributed by atoms with Crippen LogP contribution < -0.4 is 10.6 Å². The first-order valence-corrected chi connectivity index (χ1v) is 8.48. The molecule has 2 aromatic carbocycles. The van der Waals surface area contributed by atoms with E-state index in [1.807, 2.05) is 42.5 Å². The topological polar surface area (TPSA) is 59.6 Å². The molecule has 0 aliphatic heterocycles. The highest BCUT2D eigenvalue weighted by molar-refractivity contribution is 5.94. The summed E-state index contributed by atoms with van der Waals surface area (Å²) in [6, 6.07) is 18.0. The maximum Gasteiger partial charge on any atom is 0.253 e. The fourth-order valence-electron chi connectivity index (χ4n) is 2.30. The van der Waals surface area contributed by atoms with E-state index in [0.29, 0.717) is 13.2 Å². The molecule has 0 radical (unpaired) electrons. The SMILES string of the molecule is COCCO[C@@H](C)C(=O)Nc1ccc(NCCc2ccccc2)cc1. The van der Waals surface area contributed by atoms with Gasteiger partial charge in [0.25, 0.3) is 5.91 Å². The molecular weight excluding hydrogens is 316 g/mol. The van der Waals surface area contributed by atoms with E-state index in [-0.39, 0.29) is 5.91 Å². The van der Waals surface area contributed by atoms with Crippen LogP contribution in [-0.4, -0.2) is 38.9 Å². The third-order valence-electron chi connectivity index (χ3n) is 3.76. The lowest BCUT2D eigenvalue weighted by Crippen LogP contribution is -2.28. The predicted octanol–water partition coefficient (Wildman–Crippen LogP) is 3.33. The van der Waals surface area contributed by atoms with Crippen molar-refractivity contribution in [3.05, 3.63) is 60.2 Å². The van der Waals surface area contributed by atoms with Crippen molar-refractivity contribution in [1.82, 2.24) is 0 Å². The van der Waals surface area contributed by atoms with Crippen molar-refractivity contribution in [2.24, 2.45) is 0 Å². The van der Waals surface area contributed by atoms with E-state index in [1.54, 1.807) is 14.0 Å². The number of benzene rings is 2. The van der Waals surface area contributed by atoms with Crippen LogP contribution in [0.2, 0.25) is 0 Å². The molecule has 25 heavy (non-hydrogen) atoms. The zero-order valence-electron chi connectivity index (χ0n) is 14.8. The van der Waals surface area contributed by atoms with E-state index >= 15 is 0 Å². The molecule has 2 rings (SSSR count). The van der Waals surface area contributed by atoms with Gasteiger partial charge in [0.15, 0.2) is 0 Å². The fraction of sp³-hybridized carbons (Fsp3) is 0.350. The molecule has 0 heterocycles. The minimum absolute atomic E-state index is 0.166. The van der Waals surface area contributed by atoms with Crippen LogP contribution in [-0.2, 0) is 20.7 Å². The van der Waals surface area contributed by atoms with Gasteiger partial charge in [-0.15, -0.1) is 0 Å². The zero-order valence-corrected chi connectivity index (χ0v) is 14.8. The Hall–Kier alpha value is -2.37. The van der Waals surface area contributed by atoms with E-state index in [1.165, 1.54) is 5.56 Å². The highest BCUT2D eigenvalue weighted by atomic mass is 16.5. The van der Waals surface area contributed by atoms with Crippen LogP contribution in [0.1, 0.15) is 12.5 Å². The van der Waals surface area contributed by atoms with E-state index in [4.69, 9.17) is 9.47 Å². The van der Waals surface area contributed by atoms with Gasteiger partial charge in [-0.2, -0.15) is 0 Å². The summed E-state index contributed by atoms with van der Waals surface area (Å²) >= 11 is 0. The maximum atomic E-state index is 12.0. The number of carbonyl (C=O) groups is 1. The molecule has 0 fully saturated rings. The normalized spacial score (nSPS) is 11.8. The average Bonchev–Trinajstić information content (AvgIpc) is 2.64. The van der Waals surface area contributed by atoms with Gasteiger partial charge in [-0.1, -0.05) is 30.3 Å². The third-order valence-corrected chi connectivity index (χ3v) is 3.76. The van der Waals surface area contributed by atoms with Gasteiger partial charge in [0.05, 0.1) is 13.2 Å². The molecule has 1 atom stereocenters. The molecule has 2 aromatic rings. The summed E-state index contributed by atoms with van der Waals surface area (Å²) < 4.78 is 10.3. The summed E-state index contributed by atoms with van der Waals surface area (Å²) in [6.45, 7) is 3.46. The van der Waals surface area contributed by atoms with Crippen molar-refractivity contribution >= 4 is 17.3 Å². The fourth-order valence-corrected chi connectivity index (χ4v) is 2.30. The van der Waals surface area contributed by atoms with Crippen molar-refractivity contribution in [2.45, 2.75) is 19.4 Å². The second-order valence-corrected chi connectivity index (χ2v) is 5.73. The van der Waals surface area contributed by atoms with Gasteiger partial charge in [-0.25, -0.2) is 0 Å². The largest absolute Gasteiger partial charge is 0.385 e. The standard InChI is InChI=1S/C20H26N2O3/c1-16(25-15-14-24-2)20(23)22-19-10-8-18(9-11-19)21-13-12-17-6-4-3-5-7-17/h3-11,16,21H,12-15H2,1-2H3,(H,22,23)/t16-/m0/s1. The van der Waals surface area contributed by atoms with Gasteiger partial charge >= 0.3 is 0 Å². The number of ether oxygens (including phenoxy) is 2. The Morgan fingerprint density at radius 3 is 2.36 bits per heavy atom. The van der Waals surface area contributed by atoms with Crippen molar-refractivity contribution in [2.75, 3.05) is 37.5 Å². The molecule has 5 heteroatoms. The lowest BCUT2D eigenvalue weighted by Gasteiger charge is -2.13. The predicted molar refractivity (Wildman–Crippen MR) is 101 cm³/mol. The van der Waals surface area contributed by atoms with E-state index in [2.05, 4.69) is 22.8 Å². The molecule has 0 aromatic heterocycles. The van der Waals surface area contributed by atoms with Gasteiger partial charge in [-0.05, 0) is 43.2 Å². The third kappa shape index (κ3) is 6.95. The van der Waals surface area contributed by atoms with Crippen LogP contribution in [0.3, 0.4) is 0 Å². The molecule has 0 aliphatic rings. The summed E-state index contributed by atoms with van der Waals surface area (Å²) in [7, 11) is 1.60. The number of hydrogen-bond acceptors (Lipinski definition) is 4. The molecule has 2 N–H and O–H groups in total. The number of nitrogens with one attached hydrogen (secondary N) is 2. The van der Waals surface area contributed by atoms with Gasteiger partial charge in [0.1, 0.15) is 6.10 Å². The molecule has 0 saturated carbocycles. The smallest absolute Gasteiger partial charge is 0.253 e. The van der Waals surface area contributed by atoms with Crippen LogP contribution >= 0.6 is 0 Å². The molecule has 0 saturated heterocycles. The van der Waals surface area contributed by atoms with E-state index in [9.17, 15) is 4.79 Å². The number of rotatable bonds is 10. The first-order chi connectivity index (χ1) is 12.2. The van der Waals surface area contributed by atoms with Crippen LogP contribution in [0, 0.1) is 0 Å². The van der Waals surface area contributed by atoms with Crippen molar-refractivity contribution in [1.29, 1.82) is 0 Å². The first-order valence-electron chi connectivity index (χ1n) is 8.48. The Morgan fingerprint density at radius 1 is 1.00 bits per heavy atom. The molecule has 0 spiro atoms. The molecule has 0 aliphatic carbocycles. The number of anilines is 2. The van der Waals surface area contributed by atoms with Gasteiger partial charge in [-0.3, -0.25) is 4.79 Å². The zero-order chi connectivity index (χ0) is 17.9. The molecule has 0 bridgehead atoms. The van der Waals surface area contributed by atoms with E-state index in [0.717, 1.165) is 24.3 Å². The highest BCUT2D eigenvalue weighted by Crippen LogP contribution is 2.14.